The molecule has 0 radical (unpaired) electrons. The molecule has 0 aliphatic carbocycles. The Bertz CT molecular complexity index is 168. The Hall–Kier alpha value is -1.07. The van der Waals surface area contributed by atoms with Crippen molar-refractivity contribution in [1.82, 2.24) is 0 Å². The van der Waals surface area contributed by atoms with E-state index in [0.717, 1.165) is 0 Å². The van der Waals surface area contributed by atoms with Crippen molar-refractivity contribution in [1.29, 1.82) is 0 Å². The van der Waals surface area contributed by atoms with Crippen LogP contribution < -0.4 is 5.90 Å². The Balaban J connectivity index is 2.30. The van der Waals surface area contributed by atoms with Crippen LogP contribution in [-0.2, 0) is 14.3 Å². The lowest BCUT2D eigenvalue weighted by Gasteiger charge is -2.15. The van der Waals surface area contributed by atoms with Crippen molar-refractivity contribution >= 4 is 6.16 Å². The molecule has 0 spiro atoms. The summed E-state index contributed by atoms with van der Waals surface area (Å²) in [6.45, 7) is 0.906. The van der Waals surface area contributed by atoms with Crippen molar-refractivity contribution in [2.45, 2.75) is 6.10 Å². The van der Waals surface area contributed by atoms with Gasteiger partial charge in [0.15, 0.2) is 0 Å². The fourth-order valence-corrected chi connectivity index (χ4v) is 0.740. The SMILES string of the molecule is NOC(=O)OC1C=CCOC1. The van der Waals surface area contributed by atoms with Crippen LogP contribution in [0, 0.1) is 0 Å². The van der Waals surface area contributed by atoms with Gasteiger partial charge in [0.1, 0.15) is 6.10 Å². The predicted molar refractivity (Wildman–Crippen MR) is 35.5 cm³/mol. The first kappa shape index (κ1) is 8.03. The van der Waals surface area contributed by atoms with Crippen LogP contribution in [-0.4, -0.2) is 25.5 Å². The van der Waals surface area contributed by atoms with Crippen LogP contribution in [0.15, 0.2) is 12.2 Å². The Kier molecular flexibility index (Phi) is 2.88. The molecule has 1 heterocycles. The molecule has 1 aliphatic rings. The van der Waals surface area contributed by atoms with Gasteiger partial charge in [-0.3, -0.25) is 0 Å². The van der Waals surface area contributed by atoms with Crippen LogP contribution in [0.25, 0.3) is 0 Å². The van der Waals surface area contributed by atoms with Gasteiger partial charge >= 0.3 is 6.16 Å². The molecule has 1 unspecified atom stereocenters. The summed E-state index contributed by atoms with van der Waals surface area (Å²) in [5.74, 6) is 4.55. The molecule has 0 aromatic heterocycles. The molecule has 1 rings (SSSR count). The second-order valence-electron chi connectivity index (χ2n) is 1.99. The van der Waals surface area contributed by atoms with Gasteiger partial charge in [-0.15, -0.1) is 0 Å². The summed E-state index contributed by atoms with van der Waals surface area (Å²) in [4.78, 5) is 14.2. The minimum absolute atomic E-state index is 0.353. The second-order valence-corrected chi connectivity index (χ2v) is 1.99. The Morgan fingerprint density at radius 1 is 1.73 bits per heavy atom. The van der Waals surface area contributed by atoms with Gasteiger partial charge in [-0.25, -0.2) is 4.79 Å². The summed E-state index contributed by atoms with van der Waals surface area (Å²) in [5.41, 5.74) is 0. The van der Waals surface area contributed by atoms with Crippen LogP contribution in [0.3, 0.4) is 0 Å². The largest absolute Gasteiger partial charge is 0.528 e. The zero-order valence-electron chi connectivity index (χ0n) is 5.86. The first-order valence-corrected chi connectivity index (χ1v) is 3.14. The monoisotopic (exact) mass is 159 g/mol. The highest BCUT2D eigenvalue weighted by molar-refractivity contribution is 5.59. The Morgan fingerprint density at radius 3 is 3.09 bits per heavy atom. The molecule has 5 nitrogen and oxygen atoms in total. The van der Waals surface area contributed by atoms with Crippen molar-refractivity contribution in [2.24, 2.45) is 5.90 Å². The van der Waals surface area contributed by atoms with Crippen molar-refractivity contribution < 1.29 is 19.1 Å². The van der Waals surface area contributed by atoms with E-state index in [2.05, 4.69) is 15.5 Å². The Labute approximate surface area is 63.7 Å². The third-order valence-electron chi connectivity index (χ3n) is 1.19. The number of hydrogen-bond acceptors (Lipinski definition) is 5. The molecular weight excluding hydrogens is 150 g/mol. The predicted octanol–water partition coefficient (Wildman–Crippen LogP) is -0.0317. The highest BCUT2D eigenvalue weighted by atomic mass is 16.8. The lowest BCUT2D eigenvalue weighted by molar-refractivity contribution is -0.000143. The van der Waals surface area contributed by atoms with E-state index in [-0.39, 0.29) is 6.10 Å². The average molecular weight is 159 g/mol. The van der Waals surface area contributed by atoms with E-state index in [1.807, 2.05) is 0 Å². The number of hydrogen-bond donors (Lipinski definition) is 1. The summed E-state index contributed by atoms with van der Waals surface area (Å²) in [6, 6.07) is 0. The minimum Gasteiger partial charge on any atom is -0.423 e. The molecule has 1 atom stereocenters. The van der Waals surface area contributed by atoms with E-state index in [0.29, 0.717) is 13.2 Å². The van der Waals surface area contributed by atoms with Gasteiger partial charge in [0.05, 0.1) is 13.2 Å². The van der Waals surface area contributed by atoms with Crippen molar-refractivity contribution in [3.63, 3.8) is 0 Å². The molecule has 0 aromatic carbocycles. The fourth-order valence-electron chi connectivity index (χ4n) is 0.740. The van der Waals surface area contributed by atoms with Gasteiger partial charge in [-0.05, 0) is 6.08 Å². The first-order chi connectivity index (χ1) is 5.33. The summed E-state index contributed by atoms with van der Waals surface area (Å²) in [7, 11) is 0. The van der Waals surface area contributed by atoms with E-state index in [1.54, 1.807) is 12.2 Å². The van der Waals surface area contributed by atoms with Crippen LogP contribution in [0.2, 0.25) is 0 Å². The lowest BCUT2D eigenvalue weighted by Crippen LogP contribution is -2.26. The molecule has 2 N–H and O–H groups in total. The lowest BCUT2D eigenvalue weighted by atomic mass is 10.3. The van der Waals surface area contributed by atoms with E-state index in [9.17, 15) is 4.79 Å². The Morgan fingerprint density at radius 2 is 2.55 bits per heavy atom. The highest BCUT2D eigenvalue weighted by Gasteiger charge is 2.13. The van der Waals surface area contributed by atoms with E-state index in [1.165, 1.54) is 0 Å². The van der Waals surface area contributed by atoms with Crippen LogP contribution in [0.5, 0.6) is 0 Å². The molecule has 0 saturated carbocycles. The average Bonchev–Trinajstić information content (AvgIpc) is 2.06. The third kappa shape index (κ3) is 2.57. The minimum atomic E-state index is -0.898. The van der Waals surface area contributed by atoms with Crippen LogP contribution in [0.1, 0.15) is 0 Å². The summed E-state index contributed by atoms with van der Waals surface area (Å²) >= 11 is 0. The van der Waals surface area contributed by atoms with Crippen molar-refractivity contribution in [2.75, 3.05) is 13.2 Å². The molecule has 1 aliphatic heterocycles. The van der Waals surface area contributed by atoms with Gasteiger partial charge in [0, 0.05) is 0 Å². The summed E-state index contributed by atoms with van der Waals surface area (Å²) in [6.07, 6.45) is 2.21. The maximum absolute atomic E-state index is 10.4. The van der Waals surface area contributed by atoms with Gasteiger partial charge in [0.2, 0.25) is 0 Å². The third-order valence-corrected chi connectivity index (χ3v) is 1.19. The number of rotatable bonds is 1. The van der Waals surface area contributed by atoms with Crippen LogP contribution in [0.4, 0.5) is 4.79 Å². The molecule has 62 valence electrons. The number of nitrogens with two attached hydrogens (primary N) is 1. The molecule has 0 amide bonds. The standard InChI is InChI=1S/C6H9NO4/c7-11-6(8)10-5-2-1-3-9-4-5/h1-2,5H,3-4,7H2. The highest BCUT2D eigenvalue weighted by Crippen LogP contribution is 2.02. The summed E-state index contributed by atoms with van der Waals surface area (Å²) in [5, 5.41) is 0. The molecule has 0 saturated heterocycles. The fraction of sp³-hybridized carbons (Fsp3) is 0.500. The number of carbonyl (C=O) groups excluding carboxylic acids is 1. The zero-order chi connectivity index (χ0) is 8.10. The van der Waals surface area contributed by atoms with Crippen molar-refractivity contribution in [3.05, 3.63) is 12.2 Å². The number of ether oxygens (including phenoxy) is 2. The van der Waals surface area contributed by atoms with Gasteiger partial charge in [-0.2, -0.15) is 5.90 Å². The molecular formula is C6H9NO4. The first-order valence-electron chi connectivity index (χ1n) is 3.14. The summed E-state index contributed by atoms with van der Waals surface area (Å²) < 4.78 is 9.61. The molecule has 0 fully saturated rings. The molecule has 5 heteroatoms. The number of carbonyl (C=O) groups is 1. The zero-order valence-corrected chi connectivity index (χ0v) is 5.86. The van der Waals surface area contributed by atoms with Gasteiger partial charge in [-0.1, -0.05) is 6.08 Å². The van der Waals surface area contributed by atoms with Gasteiger partial charge in [0.25, 0.3) is 0 Å². The second kappa shape index (κ2) is 3.95. The quantitative estimate of drug-likeness (QED) is 0.330. The van der Waals surface area contributed by atoms with E-state index < -0.39 is 6.16 Å². The van der Waals surface area contributed by atoms with Gasteiger partial charge < -0.3 is 14.3 Å². The maximum Gasteiger partial charge on any atom is 0.528 e. The van der Waals surface area contributed by atoms with Crippen molar-refractivity contribution in [3.8, 4) is 0 Å². The topological polar surface area (TPSA) is 70.8 Å². The van der Waals surface area contributed by atoms with E-state index in [4.69, 9.17) is 4.74 Å². The van der Waals surface area contributed by atoms with Crippen LogP contribution >= 0.6 is 0 Å². The molecule has 11 heavy (non-hydrogen) atoms. The smallest absolute Gasteiger partial charge is 0.423 e. The molecule has 0 aromatic rings. The maximum atomic E-state index is 10.4. The normalized spacial score (nSPS) is 22.8. The molecule has 0 bridgehead atoms. The van der Waals surface area contributed by atoms with E-state index >= 15 is 0 Å².